The van der Waals surface area contributed by atoms with E-state index in [-0.39, 0.29) is 29.1 Å². The Morgan fingerprint density at radius 3 is 2.24 bits per heavy atom. The number of carbonyl (C=O) groups is 2. The van der Waals surface area contributed by atoms with Crippen LogP contribution in [0.3, 0.4) is 0 Å². The average Bonchev–Trinajstić information content (AvgIpc) is 3.43. The molecule has 1 aliphatic rings. The molecule has 4 aromatic rings. The van der Waals surface area contributed by atoms with Crippen LogP contribution in [0.15, 0.2) is 78.9 Å². The molecule has 1 atom stereocenters. The lowest BCUT2D eigenvalue weighted by Crippen LogP contribution is -2.34. The van der Waals surface area contributed by atoms with Crippen LogP contribution < -0.4 is 16.0 Å². The van der Waals surface area contributed by atoms with E-state index in [9.17, 15) is 9.59 Å². The lowest BCUT2D eigenvalue weighted by Gasteiger charge is -2.31. The van der Waals surface area contributed by atoms with Crippen molar-refractivity contribution in [3.63, 3.8) is 0 Å². The maximum absolute atomic E-state index is 14.3. The SMILES string of the molecule is Cc1ccc(-n2nc(C(C)(C)C)cc2NC(=O)Nc2ccccc2C(C(=O)c2ccc(CC(C)C)cc2)C2CCNCC2)cc1. The Balaban J connectivity index is 1.44. The second kappa shape index (κ2) is 13.8. The summed E-state index contributed by atoms with van der Waals surface area (Å²) in [6.07, 6.45) is 2.77. The van der Waals surface area contributed by atoms with Gasteiger partial charge in [-0.05, 0) is 80.4 Å². The number of amides is 2. The summed E-state index contributed by atoms with van der Waals surface area (Å²) in [5.41, 5.74) is 6.11. The summed E-state index contributed by atoms with van der Waals surface area (Å²) in [5.74, 6) is 1.02. The summed E-state index contributed by atoms with van der Waals surface area (Å²) in [4.78, 5) is 27.9. The average molecular weight is 606 g/mol. The van der Waals surface area contributed by atoms with Gasteiger partial charge in [0.25, 0.3) is 0 Å². The van der Waals surface area contributed by atoms with Crippen molar-refractivity contribution >= 4 is 23.3 Å². The molecule has 236 valence electrons. The Kier molecular flexibility index (Phi) is 9.88. The number of piperidine rings is 1. The molecular formula is C38H47N5O2. The molecule has 2 heterocycles. The molecule has 0 saturated carbocycles. The molecule has 1 aliphatic heterocycles. The maximum atomic E-state index is 14.3. The zero-order valence-electron chi connectivity index (χ0n) is 27.5. The van der Waals surface area contributed by atoms with E-state index in [1.165, 1.54) is 5.56 Å². The van der Waals surface area contributed by atoms with E-state index >= 15 is 0 Å². The number of carbonyl (C=O) groups excluding carboxylic acids is 2. The first-order valence-electron chi connectivity index (χ1n) is 16.2. The molecule has 5 rings (SSSR count). The standard InChI is InChI=1S/C38H47N5O2/c1-25(2)23-27-13-15-29(16-14-27)36(44)35(28-19-21-39-22-20-28)31-9-7-8-10-32(31)40-37(45)41-34-24-33(38(4,5)6)42-43(34)30-17-11-26(3)12-18-30/h7-18,24-25,28,35,39H,19-23H2,1-6H3,(H2,40,41,45). The Bertz CT molecular complexity index is 1610. The summed E-state index contributed by atoms with van der Waals surface area (Å²) in [7, 11) is 0. The summed E-state index contributed by atoms with van der Waals surface area (Å²) >= 11 is 0. The summed E-state index contributed by atoms with van der Waals surface area (Å²) in [5, 5.41) is 14.4. The molecule has 3 N–H and O–H groups in total. The minimum Gasteiger partial charge on any atom is -0.317 e. The van der Waals surface area contributed by atoms with E-state index in [2.05, 4.69) is 62.7 Å². The van der Waals surface area contributed by atoms with Gasteiger partial charge >= 0.3 is 6.03 Å². The van der Waals surface area contributed by atoms with Crippen molar-refractivity contribution < 1.29 is 9.59 Å². The first-order chi connectivity index (χ1) is 21.5. The number of aromatic nitrogens is 2. The molecule has 7 heteroatoms. The van der Waals surface area contributed by atoms with Crippen LogP contribution in [0.4, 0.5) is 16.3 Å². The third-order valence-electron chi connectivity index (χ3n) is 8.56. The van der Waals surface area contributed by atoms with Crippen LogP contribution >= 0.6 is 0 Å². The Morgan fingerprint density at radius 2 is 1.60 bits per heavy atom. The fourth-order valence-corrected chi connectivity index (χ4v) is 6.11. The number of nitrogens with one attached hydrogen (secondary N) is 3. The topological polar surface area (TPSA) is 88.1 Å². The third-order valence-corrected chi connectivity index (χ3v) is 8.56. The van der Waals surface area contributed by atoms with Crippen LogP contribution in [0.1, 0.15) is 86.1 Å². The van der Waals surface area contributed by atoms with Gasteiger partial charge in [-0.3, -0.25) is 10.1 Å². The molecule has 7 nitrogen and oxygen atoms in total. The van der Waals surface area contributed by atoms with Crippen molar-refractivity contribution in [1.29, 1.82) is 0 Å². The first-order valence-corrected chi connectivity index (χ1v) is 16.2. The second-order valence-corrected chi connectivity index (χ2v) is 13.8. The molecule has 1 aromatic heterocycles. The van der Waals surface area contributed by atoms with Gasteiger partial charge in [0.1, 0.15) is 5.82 Å². The number of anilines is 2. The van der Waals surface area contributed by atoms with Crippen LogP contribution in [0.2, 0.25) is 0 Å². The molecule has 45 heavy (non-hydrogen) atoms. The zero-order valence-corrected chi connectivity index (χ0v) is 27.5. The van der Waals surface area contributed by atoms with E-state index < -0.39 is 0 Å². The number of urea groups is 1. The van der Waals surface area contributed by atoms with Crippen molar-refractivity contribution in [1.82, 2.24) is 15.1 Å². The van der Waals surface area contributed by atoms with Crippen LogP contribution in [-0.2, 0) is 11.8 Å². The molecule has 0 bridgehead atoms. The van der Waals surface area contributed by atoms with Gasteiger partial charge in [0.2, 0.25) is 0 Å². The number of Topliss-reactive ketones (excluding diaryl/α,β-unsaturated/α-hetero) is 1. The Morgan fingerprint density at radius 1 is 0.933 bits per heavy atom. The lowest BCUT2D eigenvalue weighted by atomic mass is 9.75. The van der Waals surface area contributed by atoms with E-state index in [1.807, 2.05) is 73.7 Å². The third kappa shape index (κ3) is 7.90. The number of hydrogen-bond donors (Lipinski definition) is 3. The van der Waals surface area contributed by atoms with Gasteiger partial charge in [-0.1, -0.05) is 94.8 Å². The van der Waals surface area contributed by atoms with E-state index in [4.69, 9.17) is 5.10 Å². The van der Waals surface area contributed by atoms with Gasteiger partial charge in [0.15, 0.2) is 5.78 Å². The monoisotopic (exact) mass is 605 g/mol. The first kappa shape index (κ1) is 32.2. The van der Waals surface area contributed by atoms with Gasteiger partial charge < -0.3 is 10.6 Å². The highest BCUT2D eigenvalue weighted by Gasteiger charge is 2.33. The smallest absolute Gasteiger partial charge is 0.317 e. The van der Waals surface area contributed by atoms with Gasteiger partial charge in [-0.25, -0.2) is 9.48 Å². The fraction of sp³-hybridized carbons (Fsp3) is 0.395. The molecule has 1 saturated heterocycles. The number of benzene rings is 3. The van der Waals surface area contributed by atoms with E-state index in [0.717, 1.165) is 54.9 Å². The lowest BCUT2D eigenvalue weighted by molar-refractivity contribution is 0.0916. The molecule has 0 radical (unpaired) electrons. The Labute approximate surface area is 267 Å². The summed E-state index contributed by atoms with van der Waals surface area (Å²) in [6, 6.07) is 25.4. The zero-order chi connectivity index (χ0) is 32.1. The van der Waals surface area contributed by atoms with Crippen LogP contribution in [0.25, 0.3) is 5.69 Å². The molecule has 0 spiro atoms. The highest BCUT2D eigenvalue weighted by atomic mass is 16.2. The largest absolute Gasteiger partial charge is 0.324 e. The van der Waals surface area contributed by atoms with Crippen molar-refractivity contribution in [3.05, 3.63) is 107 Å². The van der Waals surface area contributed by atoms with Crippen LogP contribution in [-0.4, -0.2) is 34.7 Å². The quantitative estimate of drug-likeness (QED) is 0.168. The minimum atomic E-state index is -0.384. The van der Waals surface area contributed by atoms with Gasteiger partial charge in [-0.2, -0.15) is 5.10 Å². The van der Waals surface area contributed by atoms with Crippen molar-refractivity contribution in [2.45, 2.75) is 72.1 Å². The number of nitrogens with zero attached hydrogens (tertiary/aromatic N) is 2. The van der Waals surface area contributed by atoms with Crippen molar-refractivity contribution in [2.75, 3.05) is 23.7 Å². The molecule has 1 unspecified atom stereocenters. The van der Waals surface area contributed by atoms with Crippen molar-refractivity contribution in [3.8, 4) is 5.69 Å². The second-order valence-electron chi connectivity index (χ2n) is 13.8. The van der Waals surface area contributed by atoms with E-state index in [0.29, 0.717) is 23.0 Å². The van der Waals surface area contributed by atoms with Crippen LogP contribution in [0.5, 0.6) is 0 Å². The number of ketones is 1. The number of aryl methyl sites for hydroxylation is 1. The predicted octanol–water partition coefficient (Wildman–Crippen LogP) is 8.29. The molecule has 1 fully saturated rings. The number of rotatable bonds is 9. The van der Waals surface area contributed by atoms with Gasteiger partial charge in [0.05, 0.1) is 17.3 Å². The minimum absolute atomic E-state index is 0.0971. The van der Waals surface area contributed by atoms with Gasteiger partial charge in [-0.15, -0.1) is 0 Å². The highest BCUT2D eigenvalue weighted by molar-refractivity contribution is 6.04. The highest BCUT2D eigenvalue weighted by Crippen LogP contribution is 2.38. The number of para-hydroxylation sites is 1. The predicted molar refractivity (Wildman–Crippen MR) is 184 cm³/mol. The normalized spacial score (nSPS) is 14.7. The van der Waals surface area contributed by atoms with Crippen molar-refractivity contribution in [2.24, 2.45) is 11.8 Å². The van der Waals surface area contributed by atoms with Crippen LogP contribution in [0, 0.1) is 18.8 Å². The molecule has 3 aromatic carbocycles. The molecule has 0 aliphatic carbocycles. The fourth-order valence-electron chi connectivity index (χ4n) is 6.11. The summed E-state index contributed by atoms with van der Waals surface area (Å²) < 4.78 is 1.77. The maximum Gasteiger partial charge on any atom is 0.324 e. The van der Waals surface area contributed by atoms with E-state index in [1.54, 1.807) is 4.68 Å². The van der Waals surface area contributed by atoms with Gasteiger partial charge in [0, 0.05) is 22.7 Å². The summed E-state index contributed by atoms with van der Waals surface area (Å²) in [6.45, 7) is 14.5. The Hall–Kier alpha value is -4.23. The molecule has 2 amide bonds. The molecular weight excluding hydrogens is 558 g/mol. The number of hydrogen-bond acceptors (Lipinski definition) is 4.